The first-order valence-electron chi connectivity index (χ1n) is 13.8. The van der Waals surface area contributed by atoms with Crippen LogP contribution in [0.4, 0.5) is 5.69 Å². The zero-order valence-electron chi connectivity index (χ0n) is 23.1. The van der Waals surface area contributed by atoms with Crippen molar-refractivity contribution in [2.75, 3.05) is 25.1 Å². The summed E-state index contributed by atoms with van der Waals surface area (Å²) in [6, 6.07) is 17.2. The van der Waals surface area contributed by atoms with E-state index in [1.807, 2.05) is 63.1 Å². The van der Waals surface area contributed by atoms with Gasteiger partial charge in [-0.1, -0.05) is 48.7 Å². The van der Waals surface area contributed by atoms with Gasteiger partial charge in [0.05, 0.1) is 13.7 Å². The number of hydrogen-bond donors (Lipinski definition) is 0. The van der Waals surface area contributed by atoms with Crippen LogP contribution in [0.2, 0.25) is 0 Å². The Balaban J connectivity index is 1.46. The van der Waals surface area contributed by atoms with Crippen LogP contribution in [0.5, 0.6) is 5.75 Å². The quantitative estimate of drug-likeness (QED) is 0.329. The minimum absolute atomic E-state index is 0.00754. The molecule has 9 heteroatoms. The Hall–Kier alpha value is -4.40. The van der Waals surface area contributed by atoms with E-state index in [1.165, 1.54) is 0 Å². The maximum Gasteiger partial charge on any atom is 0.276 e. The Bertz CT molecular complexity index is 1450. The molecule has 0 radical (unpaired) electrons. The molecular weight excluding hydrogens is 506 g/mol. The standard InChI is InChI=1S/C31H35N5O4/c1-23(37)36-17-7-5-3-4-6-15-34(22-26-13-12-24(18-29(26)36)21-35-16-9-14-32-35)31(38)28-20-30(40-33-28)25-10-8-11-27(19-25)39-2/h8-14,16,18-20H,3-7,15,17,21-22H2,1-2H3. The Morgan fingerprint density at radius 2 is 1.80 bits per heavy atom. The minimum atomic E-state index is -0.198. The topological polar surface area (TPSA) is 93.7 Å². The van der Waals surface area contributed by atoms with Crippen LogP contribution in [-0.4, -0.2) is 51.9 Å². The molecule has 2 amide bonds. The maximum atomic E-state index is 13.8. The summed E-state index contributed by atoms with van der Waals surface area (Å²) in [5, 5.41) is 8.45. The maximum absolute atomic E-state index is 13.8. The van der Waals surface area contributed by atoms with E-state index in [9.17, 15) is 9.59 Å². The summed E-state index contributed by atoms with van der Waals surface area (Å²) in [6.07, 6.45) is 8.63. The summed E-state index contributed by atoms with van der Waals surface area (Å²) in [4.78, 5) is 30.3. The Morgan fingerprint density at radius 3 is 2.58 bits per heavy atom. The van der Waals surface area contributed by atoms with Crippen LogP contribution in [0, 0.1) is 0 Å². The van der Waals surface area contributed by atoms with E-state index in [4.69, 9.17) is 9.26 Å². The normalized spacial score (nSPS) is 14.7. The Morgan fingerprint density at radius 1 is 0.975 bits per heavy atom. The van der Waals surface area contributed by atoms with Crippen LogP contribution in [0.1, 0.15) is 60.6 Å². The van der Waals surface area contributed by atoms with Crippen LogP contribution < -0.4 is 9.64 Å². The number of fused-ring (bicyclic) bond motifs is 1. The molecule has 4 aromatic rings. The van der Waals surface area contributed by atoms with Gasteiger partial charge in [-0.25, -0.2) is 0 Å². The van der Waals surface area contributed by atoms with Gasteiger partial charge >= 0.3 is 0 Å². The lowest BCUT2D eigenvalue weighted by molar-refractivity contribution is -0.116. The lowest BCUT2D eigenvalue weighted by Gasteiger charge is -2.29. The molecule has 0 saturated carbocycles. The third kappa shape index (κ3) is 6.42. The van der Waals surface area contributed by atoms with Crippen LogP contribution >= 0.6 is 0 Å². The molecular formula is C31H35N5O4. The molecule has 0 fully saturated rings. The van der Waals surface area contributed by atoms with Gasteiger partial charge in [0.15, 0.2) is 11.5 Å². The average molecular weight is 542 g/mol. The third-order valence-corrected chi connectivity index (χ3v) is 7.27. The fourth-order valence-electron chi connectivity index (χ4n) is 5.13. The highest BCUT2D eigenvalue weighted by molar-refractivity contribution is 5.94. The molecule has 40 heavy (non-hydrogen) atoms. The molecule has 0 spiro atoms. The van der Waals surface area contributed by atoms with E-state index in [2.05, 4.69) is 16.3 Å². The Kier molecular flexibility index (Phi) is 8.59. The average Bonchev–Trinajstić information content (AvgIpc) is 3.66. The Labute approximate surface area is 234 Å². The highest BCUT2D eigenvalue weighted by atomic mass is 16.5. The smallest absolute Gasteiger partial charge is 0.276 e. The summed E-state index contributed by atoms with van der Waals surface area (Å²) >= 11 is 0. The fourth-order valence-corrected chi connectivity index (χ4v) is 5.13. The molecule has 2 aromatic heterocycles. The van der Waals surface area contributed by atoms with Crippen LogP contribution in [-0.2, 0) is 17.9 Å². The SMILES string of the molecule is COc1cccc(-c2cc(C(=O)N3CCCCCCCN(C(C)=O)c4cc(Cn5cccn5)ccc4C3)no2)c1. The highest BCUT2D eigenvalue weighted by Gasteiger charge is 2.24. The summed E-state index contributed by atoms with van der Waals surface area (Å²) in [7, 11) is 1.61. The van der Waals surface area contributed by atoms with Crippen LogP contribution in [0.25, 0.3) is 11.3 Å². The second-order valence-corrected chi connectivity index (χ2v) is 10.1. The number of benzene rings is 2. The van der Waals surface area contributed by atoms with Crippen molar-refractivity contribution in [3.63, 3.8) is 0 Å². The first-order valence-corrected chi connectivity index (χ1v) is 13.8. The van der Waals surface area contributed by atoms with Gasteiger partial charge in [0.2, 0.25) is 5.91 Å². The van der Waals surface area contributed by atoms with Gasteiger partial charge in [-0.15, -0.1) is 0 Å². The van der Waals surface area contributed by atoms with Crippen molar-refractivity contribution in [3.05, 3.63) is 83.8 Å². The number of carbonyl (C=O) groups is 2. The second-order valence-electron chi connectivity index (χ2n) is 10.1. The van der Waals surface area contributed by atoms with E-state index >= 15 is 0 Å². The number of aromatic nitrogens is 3. The van der Waals surface area contributed by atoms with Crippen molar-refractivity contribution in [1.29, 1.82) is 0 Å². The first kappa shape index (κ1) is 27.2. The number of amides is 2. The largest absolute Gasteiger partial charge is 0.497 e. The molecule has 9 nitrogen and oxygen atoms in total. The van der Waals surface area contributed by atoms with Gasteiger partial charge in [-0.05, 0) is 48.2 Å². The predicted octanol–water partition coefficient (Wildman–Crippen LogP) is 5.55. The zero-order chi connectivity index (χ0) is 27.9. The third-order valence-electron chi connectivity index (χ3n) is 7.27. The lowest BCUT2D eigenvalue weighted by Crippen LogP contribution is -2.35. The first-order chi connectivity index (χ1) is 19.5. The second kappa shape index (κ2) is 12.6. The molecule has 1 aliphatic heterocycles. The molecule has 3 heterocycles. The number of rotatable bonds is 5. The van der Waals surface area contributed by atoms with Gasteiger partial charge in [-0.3, -0.25) is 14.3 Å². The molecule has 0 aliphatic carbocycles. The molecule has 5 rings (SSSR count). The number of anilines is 1. The van der Waals surface area contributed by atoms with E-state index in [1.54, 1.807) is 26.3 Å². The number of methoxy groups -OCH3 is 1. The molecule has 1 aliphatic rings. The minimum Gasteiger partial charge on any atom is -0.497 e. The van der Waals surface area contributed by atoms with Crippen LogP contribution in [0.3, 0.4) is 0 Å². The summed E-state index contributed by atoms with van der Waals surface area (Å²) in [5.41, 5.74) is 3.84. The van der Waals surface area contributed by atoms with Crippen molar-refractivity contribution in [2.24, 2.45) is 0 Å². The molecule has 0 bridgehead atoms. The van der Waals surface area contributed by atoms with E-state index in [-0.39, 0.29) is 17.5 Å². The van der Waals surface area contributed by atoms with Crippen molar-refractivity contribution in [1.82, 2.24) is 19.8 Å². The molecule has 0 saturated heterocycles. The molecule has 208 valence electrons. The number of ether oxygens (including phenoxy) is 1. The molecule has 0 unspecified atom stereocenters. The van der Waals surface area contributed by atoms with Crippen molar-refractivity contribution >= 4 is 17.5 Å². The highest BCUT2D eigenvalue weighted by Crippen LogP contribution is 2.28. The fraction of sp³-hybridized carbons (Fsp3) is 0.355. The lowest BCUT2D eigenvalue weighted by atomic mass is 10.0. The van der Waals surface area contributed by atoms with Gasteiger partial charge in [0.25, 0.3) is 5.91 Å². The van der Waals surface area contributed by atoms with Crippen LogP contribution in [0.15, 0.2) is 71.5 Å². The monoisotopic (exact) mass is 541 g/mol. The predicted molar refractivity (Wildman–Crippen MR) is 152 cm³/mol. The van der Waals surface area contributed by atoms with Crippen molar-refractivity contribution < 1.29 is 18.8 Å². The molecule has 0 atom stereocenters. The van der Waals surface area contributed by atoms with Gasteiger partial charge < -0.3 is 19.1 Å². The molecule has 2 aromatic carbocycles. The summed E-state index contributed by atoms with van der Waals surface area (Å²) in [5.74, 6) is 0.995. The van der Waals surface area contributed by atoms with E-state index in [0.717, 1.165) is 54.5 Å². The number of carbonyl (C=O) groups excluding carboxylic acids is 2. The number of nitrogens with zero attached hydrogens (tertiary/aromatic N) is 5. The zero-order valence-corrected chi connectivity index (χ0v) is 23.1. The van der Waals surface area contributed by atoms with Crippen molar-refractivity contribution in [3.8, 4) is 17.1 Å². The summed E-state index contributed by atoms with van der Waals surface area (Å²) < 4.78 is 12.7. The molecule has 0 N–H and O–H groups in total. The van der Waals surface area contributed by atoms with Gasteiger partial charge in [0.1, 0.15) is 5.75 Å². The van der Waals surface area contributed by atoms with Gasteiger partial charge in [0, 0.05) is 56.3 Å². The van der Waals surface area contributed by atoms with E-state index in [0.29, 0.717) is 37.7 Å². The number of hydrogen-bond acceptors (Lipinski definition) is 6. The van der Waals surface area contributed by atoms with Crippen molar-refractivity contribution in [2.45, 2.75) is 52.1 Å². The van der Waals surface area contributed by atoms with E-state index < -0.39 is 0 Å². The summed E-state index contributed by atoms with van der Waals surface area (Å²) in [6.45, 7) is 3.81. The van der Waals surface area contributed by atoms with Gasteiger partial charge in [-0.2, -0.15) is 5.10 Å².